The van der Waals surface area contributed by atoms with Crippen LogP contribution in [0.2, 0.25) is 0 Å². The highest BCUT2D eigenvalue weighted by atomic mass is 16.5. The number of aliphatic hydroxyl groups excluding tert-OH is 1. The Balaban J connectivity index is 1.30. The smallest absolute Gasteiger partial charge is 0.257 e. The molecule has 4 rings (SSSR count). The van der Waals surface area contributed by atoms with Crippen LogP contribution in [0.4, 0.5) is 0 Å². The summed E-state index contributed by atoms with van der Waals surface area (Å²) in [5.74, 6) is 0.368. The molecule has 3 saturated heterocycles. The maximum atomic E-state index is 12.9. The average molecular weight is 403 g/mol. The van der Waals surface area contributed by atoms with E-state index in [1.54, 1.807) is 12.1 Å². The Bertz CT molecular complexity index is 744. The Morgan fingerprint density at radius 3 is 2.76 bits per heavy atom. The molecule has 0 radical (unpaired) electrons. The van der Waals surface area contributed by atoms with E-state index in [2.05, 4.69) is 11.8 Å². The molecule has 1 spiro atoms. The molecule has 2 N–H and O–H groups in total. The molecule has 0 bridgehead atoms. The lowest BCUT2D eigenvalue weighted by molar-refractivity contribution is 0.000904. The van der Waals surface area contributed by atoms with Gasteiger partial charge in [0.1, 0.15) is 5.75 Å². The first-order chi connectivity index (χ1) is 13.8. The van der Waals surface area contributed by atoms with Crippen molar-refractivity contribution in [2.24, 2.45) is 11.3 Å². The van der Waals surface area contributed by atoms with E-state index in [1.165, 1.54) is 0 Å². The van der Waals surface area contributed by atoms with Crippen LogP contribution in [0, 0.1) is 18.3 Å². The minimum atomic E-state index is -0.230. The molecule has 3 heterocycles. The lowest BCUT2D eigenvalue weighted by Gasteiger charge is -2.39. The van der Waals surface area contributed by atoms with Gasteiger partial charge in [-0.3, -0.25) is 9.69 Å². The summed E-state index contributed by atoms with van der Waals surface area (Å²) >= 11 is 0. The van der Waals surface area contributed by atoms with E-state index in [-0.39, 0.29) is 29.3 Å². The minimum Gasteiger partial charge on any atom is -0.507 e. The number of phenols is 1. The third-order valence-corrected chi connectivity index (χ3v) is 7.24. The molecule has 6 nitrogen and oxygen atoms in total. The Morgan fingerprint density at radius 1 is 1.28 bits per heavy atom. The predicted molar refractivity (Wildman–Crippen MR) is 111 cm³/mol. The minimum absolute atomic E-state index is 0.0585. The third kappa shape index (κ3) is 4.44. The van der Waals surface area contributed by atoms with Crippen LogP contribution in [0.25, 0.3) is 0 Å². The zero-order chi connectivity index (χ0) is 20.6. The van der Waals surface area contributed by atoms with E-state index < -0.39 is 0 Å². The van der Waals surface area contributed by atoms with E-state index in [0.29, 0.717) is 24.6 Å². The fourth-order valence-electron chi connectivity index (χ4n) is 5.11. The van der Waals surface area contributed by atoms with Crippen LogP contribution in [0.3, 0.4) is 0 Å². The number of aromatic hydroxyl groups is 1. The summed E-state index contributed by atoms with van der Waals surface area (Å²) in [5.41, 5.74) is 1.54. The fourth-order valence-corrected chi connectivity index (χ4v) is 5.11. The lowest BCUT2D eigenvalue weighted by Crippen LogP contribution is -2.46. The van der Waals surface area contributed by atoms with Crippen molar-refractivity contribution in [3.8, 4) is 5.75 Å². The van der Waals surface area contributed by atoms with Gasteiger partial charge in [0, 0.05) is 26.2 Å². The number of benzene rings is 1. The molecule has 1 unspecified atom stereocenters. The molecule has 1 aromatic carbocycles. The summed E-state index contributed by atoms with van der Waals surface area (Å²) in [5, 5.41) is 20.2. The van der Waals surface area contributed by atoms with Crippen molar-refractivity contribution >= 4 is 5.91 Å². The average Bonchev–Trinajstić information content (AvgIpc) is 3.09. The van der Waals surface area contributed by atoms with Crippen molar-refractivity contribution in [3.63, 3.8) is 0 Å². The molecular weight excluding hydrogens is 368 g/mol. The van der Waals surface area contributed by atoms with Gasteiger partial charge in [0.2, 0.25) is 0 Å². The van der Waals surface area contributed by atoms with Crippen molar-refractivity contribution < 1.29 is 19.7 Å². The van der Waals surface area contributed by atoms with Crippen LogP contribution in [0.1, 0.15) is 48.5 Å². The molecule has 3 aliphatic heterocycles. The summed E-state index contributed by atoms with van der Waals surface area (Å²) in [6, 6.07) is 5.18. The Kier molecular flexibility index (Phi) is 5.87. The topological polar surface area (TPSA) is 73.2 Å². The second-order valence-electron chi connectivity index (χ2n) is 9.54. The monoisotopic (exact) mass is 402 g/mol. The number of ether oxygens (including phenoxy) is 1. The second kappa shape index (κ2) is 8.25. The standard InChI is InChI=1S/C23H34N2O4/c1-16-3-4-20(26)19(11-16)22(28)25-9-6-23(7-10-25)12-18(29-15-23)13-24-8-5-17(2)21(27)14-24/h3-4,11,17-18,21,26-27H,5-10,12-15H2,1-2H3/t17-,18?,21-/m1/s1. The first-order valence-corrected chi connectivity index (χ1v) is 11.0. The number of nitrogens with zero attached hydrogens (tertiary/aromatic N) is 2. The second-order valence-corrected chi connectivity index (χ2v) is 9.54. The molecule has 1 amide bonds. The molecule has 0 aromatic heterocycles. The van der Waals surface area contributed by atoms with Gasteiger partial charge in [0.05, 0.1) is 24.4 Å². The van der Waals surface area contributed by atoms with Crippen LogP contribution in [-0.2, 0) is 4.74 Å². The number of amides is 1. The number of β-amino-alcohol motifs (C(OH)–C–C–N with tert-alkyl or cyclic N) is 1. The van der Waals surface area contributed by atoms with Crippen LogP contribution >= 0.6 is 0 Å². The van der Waals surface area contributed by atoms with Gasteiger partial charge in [-0.05, 0) is 62.6 Å². The largest absolute Gasteiger partial charge is 0.507 e. The van der Waals surface area contributed by atoms with Gasteiger partial charge in [-0.2, -0.15) is 0 Å². The van der Waals surface area contributed by atoms with Crippen LogP contribution in [0.5, 0.6) is 5.75 Å². The molecule has 3 atom stereocenters. The number of aliphatic hydroxyl groups is 1. The van der Waals surface area contributed by atoms with Crippen molar-refractivity contribution in [1.82, 2.24) is 9.80 Å². The number of rotatable bonds is 3. The van der Waals surface area contributed by atoms with Crippen molar-refractivity contribution in [1.29, 1.82) is 0 Å². The first-order valence-electron chi connectivity index (χ1n) is 11.0. The molecule has 29 heavy (non-hydrogen) atoms. The van der Waals surface area contributed by atoms with Gasteiger partial charge in [-0.15, -0.1) is 0 Å². The zero-order valence-corrected chi connectivity index (χ0v) is 17.6. The summed E-state index contributed by atoms with van der Waals surface area (Å²) in [6.45, 7) is 8.91. The third-order valence-electron chi connectivity index (χ3n) is 7.24. The molecule has 3 aliphatic rings. The number of aryl methyl sites for hydroxylation is 1. The maximum Gasteiger partial charge on any atom is 0.257 e. The van der Waals surface area contributed by atoms with Crippen molar-refractivity contribution in [2.45, 2.75) is 51.7 Å². The fraction of sp³-hybridized carbons (Fsp3) is 0.696. The van der Waals surface area contributed by atoms with Gasteiger partial charge in [0.25, 0.3) is 5.91 Å². The number of piperidine rings is 2. The first kappa shape index (κ1) is 20.6. The van der Waals surface area contributed by atoms with Crippen molar-refractivity contribution in [3.05, 3.63) is 29.3 Å². The maximum absolute atomic E-state index is 12.9. The molecule has 0 saturated carbocycles. The van der Waals surface area contributed by atoms with E-state index >= 15 is 0 Å². The molecular formula is C23H34N2O4. The van der Waals surface area contributed by atoms with Gasteiger partial charge in [-0.25, -0.2) is 0 Å². The number of hydrogen-bond donors (Lipinski definition) is 2. The number of carbonyl (C=O) groups is 1. The summed E-state index contributed by atoms with van der Waals surface area (Å²) in [7, 11) is 0. The van der Waals surface area contributed by atoms with Crippen LogP contribution in [0.15, 0.2) is 18.2 Å². The van der Waals surface area contributed by atoms with E-state index in [1.807, 2.05) is 17.9 Å². The Morgan fingerprint density at radius 2 is 2.03 bits per heavy atom. The Hall–Kier alpha value is -1.63. The van der Waals surface area contributed by atoms with Gasteiger partial charge >= 0.3 is 0 Å². The van der Waals surface area contributed by atoms with E-state index in [9.17, 15) is 15.0 Å². The zero-order valence-electron chi connectivity index (χ0n) is 17.6. The van der Waals surface area contributed by atoms with E-state index in [4.69, 9.17) is 4.74 Å². The number of likely N-dealkylation sites (tertiary alicyclic amines) is 2. The number of phenolic OH excluding ortho intramolecular Hbond substituents is 1. The molecule has 160 valence electrons. The summed E-state index contributed by atoms with van der Waals surface area (Å²) in [4.78, 5) is 17.1. The number of carbonyl (C=O) groups excluding carboxylic acids is 1. The van der Waals surface area contributed by atoms with Crippen LogP contribution < -0.4 is 0 Å². The highest BCUT2D eigenvalue weighted by Crippen LogP contribution is 2.42. The highest BCUT2D eigenvalue weighted by molar-refractivity contribution is 5.97. The predicted octanol–water partition coefficient (Wildman–Crippen LogP) is 2.41. The van der Waals surface area contributed by atoms with Gasteiger partial charge < -0.3 is 19.8 Å². The van der Waals surface area contributed by atoms with E-state index in [0.717, 1.165) is 57.5 Å². The molecule has 6 heteroatoms. The van der Waals surface area contributed by atoms with Crippen LogP contribution in [-0.4, -0.2) is 77.5 Å². The number of hydrogen-bond acceptors (Lipinski definition) is 5. The SMILES string of the molecule is Cc1ccc(O)c(C(=O)N2CCC3(CC2)COC(CN2CC[C@@H](C)[C@H](O)C2)C3)c1. The Labute approximate surface area is 173 Å². The normalized spacial score (nSPS) is 30.0. The molecule has 3 fully saturated rings. The summed E-state index contributed by atoms with van der Waals surface area (Å²) < 4.78 is 6.16. The van der Waals surface area contributed by atoms with Crippen molar-refractivity contribution in [2.75, 3.05) is 39.3 Å². The highest BCUT2D eigenvalue weighted by Gasteiger charge is 2.44. The molecule has 1 aromatic rings. The molecule has 0 aliphatic carbocycles. The quantitative estimate of drug-likeness (QED) is 0.812. The lowest BCUT2D eigenvalue weighted by atomic mass is 9.76. The summed E-state index contributed by atoms with van der Waals surface area (Å²) in [6.07, 6.45) is 3.96. The van der Waals surface area contributed by atoms with Gasteiger partial charge in [-0.1, -0.05) is 18.6 Å². The van der Waals surface area contributed by atoms with Gasteiger partial charge in [0.15, 0.2) is 0 Å².